The smallest absolute Gasteiger partial charge is 0.343 e. The molecule has 0 aromatic heterocycles. The molecule has 136 valence electrons. The average Bonchev–Trinajstić information content (AvgIpc) is 2.53. The third-order valence-corrected chi connectivity index (χ3v) is 3.30. The fraction of sp³-hybridized carbons (Fsp3) is 0.105. The quantitative estimate of drug-likeness (QED) is 0.308. The number of aryl methyl sites for hydroxylation is 1. The molecule has 0 aliphatic rings. The average molecular weight is 373 g/mol. The van der Waals surface area contributed by atoms with Crippen molar-refractivity contribution in [3.05, 3.63) is 71.8 Å². The van der Waals surface area contributed by atoms with Crippen molar-refractivity contribution in [3.8, 4) is 5.75 Å². The number of benzene rings is 3. The molecule has 0 saturated heterocycles. The van der Waals surface area contributed by atoms with Crippen molar-refractivity contribution in [1.82, 2.24) is 0 Å². The fourth-order valence-electron chi connectivity index (χ4n) is 2.24. The van der Waals surface area contributed by atoms with Crippen molar-refractivity contribution in [3.63, 3.8) is 0 Å². The minimum absolute atomic E-state index is 0.353. The third kappa shape index (κ3) is 6.19. The maximum Gasteiger partial charge on any atom is 0.343 e. The highest BCUT2D eigenvalue weighted by Gasteiger charge is 2.09. The number of hydrogen-bond donors (Lipinski definition) is 2. The van der Waals surface area contributed by atoms with E-state index in [2.05, 4.69) is 0 Å². The number of hydrogen-bond acceptors (Lipinski definition) is 5. The summed E-state index contributed by atoms with van der Waals surface area (Å²) in [6.45, 7) is 1.94. The van der Waals surface area contributed by atoms with Crippen LogP contribution in [0.15, 0.2) is 60.7 Å². The summed E-state index contributed by atoms with van der Waals surface area (Å²) in [6.07, 6.45) is 0.715. The Kier molecular flexibility index (Phi) is 5.97. The molecule has 0 atom stereocenters. The highest BCUT2D eigenvalue weighted by molar-refractivity contribution is 7.85. The summed E-state index contributed by atoms with van der Waals surface area (Å²) in [5.41, 5.74) is 8.04. The molecular formula is C19H19NO5S. The number of esters is 1. The van der Waals surface area contributed by atoms with Crippen molar-refractivity contribution < 1.29 is 22.5 Å². The fourth-order valence-corrected chi connectivity index (χ4v) is 2.24. The lowest BCUT2D eigenvalue weighted by atomic mass is 10.1. The molecule has 0 unspecified atom stereocenters. The molecule has 6 nitrogen and oxygen atoms in total. The molecule has 0 aliphatic heterocycles. The van der Waals surface area contributed by atoms with Gasteiger partial charge in [0.15, 0.2) is 0 Å². The van der Waals surface area contributed by atoms with Crippen LogP contribution >= 0.6 is 0 Å². The maximum absolute atomic E-state index is 12.1. The summed E-state index contributed by atoms with van der Waals surface area (Å²) < 4.78 is 31.3. The molecule has 0 saturated carbocycles. The first-order valence-corrected chi connectivity index (χ1v) is 9.47. The summed E-state index contributed by atoms with van der Waals surface area (Å²) in [4.78, 5) is 12.1. The normalized spacial score (nSPS) is 10.7. The molecule has 0 bridgehead atoms. The summed E-state index contributed by atoms with van der Waals surface area (Å²) in [6, 6.07) is 18.5. The first-order valence-electron chi connectivity index (χ1n) is 7.62. The molecule has 3 aromatic carbocycles. The number of carbonyl (C=O) groups excluding carboxylic acids is 1. The Balaban J connectivity index is 0.000000431. The molecule has 0 aliphatic carbocycles. The van der Waals surface area contributed by atoms with E-state index >= 15 is 0 Å². The van der Waals surface area contributed by atoms with Gasteiger partial charge in [-0.15, -0.1) is 0 Å². The van der Waals surface area contributed by atoms with Crippen LogP contribution in [0.3, 0.4) is 0 Å². The predicted molar refractivity (Wildman–Crippen MR) is 102 cm³/mol. The van der Waals surface area contributed by atoms with E-state index in [0.717, 1.165) is 16.3 Å². The summed E-state index contributed by atoms with van der Waals surface area (Å²) in [5, 5.41) is 2.00. The second-order valence-corrected chi connectivity index (χ2v) is 7.23. The molecule has 0 heterocycles. The van der Waals surface area contributed by atoms with E-state index in [9.17, 15) is 13.2 Å². The Morgan fingerprint density at radius 1 is 1.00 bits per heavy atom. The van der Waals surface area contributed by atoms with Crippen LogP contribution in [0.2, 0.25) is 0 Å². The molecule has 0 amide bonds. The minimum atomic E-state index is -3.67. The monoisotopic (exact) mass is 373 g/mol. The SMILES string of the molecule is CS(=O)(=O)O.Cc1cccc(C(=O)Oc2ccc3cc(N)ccc3c2)c1. The van der Waals surface area contributed by atoms with E-state index in [0.29, 0.717) is 23.3 Å². The number of ether oxygens (including phenoxy) is 1. The van der Waals surface area contributed by atoms with Gasteiger partial charge in [-0.3, -0.25) is 4.55 Å². The Labute approximate surface area is 152 Å². The maximum atomic E-state index is 12.1. The highest BCUT2D eigenvalue weighted by atomic mass is 32.2. The lowest BCUT2D eigenvalue weighted by Crippen LogP contribution is -2.08. The van der Waals surface area contributed by atoms with Gasteiger partial charge in [0.1, 0.15) is 5.75 Å². The standard InChI is InChI=1S/C18H15NO2.CH4O3S/c1-12-3-2-4-15(9-12)18(20)21-17-8-6-13-10-16(19)7-5-14(13)11-17;1-5(2,3)4/h2-11H,19H2,1H3;1H3,(H,2,3,4). The molecule has 0 spiro atoms. The zero-order valence-corrected chi connectivity index (χ0v) is 15.2. The molecule has 3 rings (SSSR count). The molecular weight excluding hydrogens is 354 g/mol. The van der Waals surface area contributed by atoms with Crippen molar-refractivity contribution in [2.24, 2.45) is 0 Å². The number of fused-ring (bicyclic) bond motifs is 1. The second-order valence-electron chi connectivity index (χ2n) is 5.76. The van der Waals surface area contributed by atoms with Gasteiger partial charge in [0.2, 0.25) is 0 Å². The first kappa shape index (κ1) is 19.4. The van der Waals surface area contributed by atoms with Gasteiger partial charge in [0, 0.05) is 5.69 Å². The molecule has 0 fully saturated rings. The lowest BCUT2D eigenvalue weighted by molar-refractivity contribution is 0.0735. The topological polar surface area (TPSA) is 107 Å². The summed E-state index contributed by atoms with van der Waals surface area (Å²) in [7, 11) is -3.67. The van der Waals surface area contributed by atoms with E-state index in [1.54, 1.807) is 12.1 Å². The number of rotatable bonds is 2. The zero-order chi connectivity index (χ0) is 19.3. The van der Waals surface area contributed by atoms with Crippen molar-refractivity contribution >= 4 is 32.5 Å². The predicted octanol–water partition coefficient (Wildman–Crippen LogP) is 3.45. The lowest BCUT2D eigenvalue weighted by Gasteiger charge is -2.06. The summed E-state index contributed by atoms with van der Waals surface area (Å²) in [5.74, 6) is 0.173. The number of carbonyl (C=O) groups is 1. The van der Waals surface area contributed by atoms with Gasteiger partial charge in [-0.05, 0) is 54.1 Å². The van der Waals surface area contributed by atoms with E-state index in [4.69, 9.17) is 15.0 Å². The Morgan fingerprint density at radius 2 is 1.62 bits per heavy atom. The molecule has 26 heavy (non-hydrogen) atoms. The molecule has 7 heteroatoms. The van der Waals surface area contributed by atoms with Crippen LogP contribution in [-0.4, -0.2) is 25.2 Å². The van der Waals surface area contributed by atoms with E-state index in [1.165, 1.54) is 0 Å². The first-order chi connectivity index (χ1) is 12.1. The van der Waals surface area contributed by atoms with Gasteiger partial charge in [0.05, 0.1) is 11.8 Å². The van der Waals surface area contributed by atoms with Crippen molar-refractivity contribution in [1.29, 1.82) is 0 Å². The van der Waals surface area contributed by atoms with Crippen molar-refractivity contribution in [2.75, 3.05) is 12.0 Å². The van der Waals surface area contributed by atoms with E-state index in [1.807, 2.05) is 55.5 Å². The minimum Gasteiger partial charge on any atom is -0.423 e. The Morgan fingerprint density at radius 3 is 2.27 bits per heavy atom. The van der Waals surface area contributed by atoms with Crippen molar-refractivity contribution in [2.45, 2.75) is 6.92 Å². The van der Waals surface area contributed by atoms with Gasteiger partial charge in [-0.25, -0.2) is 4.79 Å². The molecule has 0 radical (unpaired) electrons. The van der Waals surface area contributed by atoms with Crippen LogP contribution in [0.5, 0.6) is 5.75 Å². The van der Waals surface area contributed by atoms with Crippen LogP contribution in [0.25, 0.3) is 10.8 Å². The largest absolute Gasteiger partial charge is 0.423 e. The second kappa shape index (κ2) is 7.99. The van der Waals surface area contributed by atoms with E-state index < -0.39 is 10.1 Å². The van der Waals surface area contributed by atoms with Crippen LogP contribution < -0.4 is 10.5 Å². The van der Waals surface area contributed by atoms with Gasteiger partial charge in [-0.2, -0.15) is 8.42 Å². The highest BCUT2D eigenvalue weighted by Crippen LogP contribution is 2.23. The summed E-state index contributed by atoms with van der Waals surface area (Å²) >= 11 is 0. The van der Waals surface area contributed by atoms with Crippen LogP contribution in [0, 0.1) is 6.92 Å². The van der Waals surface area contributed by atoms with Crippen LogP contribution in [0.1, 0.15) is 15.9 Å². The van der Waals surface area contributed by atoms with E-state index in [-0.39, 0.29) is 5.97 Å². The number of anilines is 1. The van der Waals surface area contributed by atoms with Gasteiger partial charge < -0.3 is 10.5 Å². The van der Waals surface area contributed by atoms with Gasteiger partial charge in [-0.1, -0.05) is 29.8 Å². The Hall–Kier alpha value is -2.90. The number of nitrogen functional groups attached to an aromatic ring is 1. The van der Waals surface area contributed by atoms with Gasteiger partial charge >= 0.3 is 5.97 Å². The Bertz CT molecular complexity index is 1040. The zero-order valence-electron chi connectivity index (χ0n) is 14.3. The number of nitrogens with two attached hydrogens (primary N) is 1. The van der Waals surface area contributed by atoms with Gasteiger partial charge in [0.25, 0.3) is 10.1 Å². The molecule has 3 aromatic rings. The molecule has 3 N–H and O–H groups in total. The third-order valence-electron chi connectivity index (χ3n) is 3.30. The van der Waals surface area contributed by atoms with Crippen LogP contribution in [-0.2, 0) is 10.1 Å². The van der Waals surface area contributed by atoms with Crippen LogP contribution in [0.4, 0.5) is 5.69 Å².